The van der Waals surface area contributed by atoms with Crippen LogP contribution in [0.15, 0.2) is 48.4 Å². The van der Waals surface area contributed by atoms with Crippen LogP contribution in [0.1, 0.15) is 34.9 Å². The van der Waals surface area contributed by atoms with Gasteiger partial charge >= 0.3 is 0 Å². The van der Waals surface area contributed by atoms with Crippen LogP contribution in [-0.2, 0) is 16.0 Å². The van der Waals surface area contributed by atoms with Crippen molar-refractivity contribution in [2.24, 2.45) is 5.92 Å². The van der Waals surface area contributed by atoms with Gasteiger partial charge in [-0.3, -0.25) is 9.69 Å². The molecule has 2 aromatic rings. The molecule has 0 radical (unpaired) electrons. The summed E-state index contributed by atoms with van der Waals surface area (Å²) in [6, 6.07) is 10.1. The van der Waals surface area contributed by atoms with Crippen LogP contribution in [0.3, 0.4) is 0 Å². The Labute approximate surface area is 206 Å². The van der Waals surface area contributed by atoms with Crippen LogP contribution >= 0.6 is 11.3 Å². The van der Waals surface area contributed by atoms with Gasteiger partial charge in [0.2, 0.25) is 5.91 Å². The number of hydrogen-bond donors (Lipinski definition) is 1. The first-order valence-electron chi connectivity index (χ1n) is 12.2. The average molecular weight is 485 g/mol. The highest BCUT2D eigenvalue weighted by Gasteiger charge is 2.34. The van der Waals surface area contributed by atoms with Crippen molar-refractivity contribution >= 4 is 17.2 Å². The molecule has 2 aliphatic rings. The number of carbonyl (C=O) groups is 1. The molecule has 34 heavy (non-hydrogen) atoms. The molecule has 0 unspecified atom stereocenters. The van der Waals surface area contributed by atoms with E-state index in [0.717, 1.165) is 24.3 Å². The molecule has 1 saturated carbocycles. The molecule has 6 nitrogen and oxygen atoms in total. The first-order valence-corrected chi connectivity index (χ1v) is 13.1. The summed E-state index contributed by atoms with van der Waals surface area (Å²) in [6.07, 6.45) is 4.31. The molecule has 1 fully saturated rings. The largest absolute Gasteiger partial charge is 0.491 e. The molecule has 1 aromatic carbocycles. The minimum atomic E-state index is -0.628. The second-order valence-corrected chi connectivity index (χ2v) is 10.4. The predicted octanol–water partition coefficient (Wildman–Crippen LogP) is 3.84. The standard InChI is InChI=1S/C27H36N2O4S/c1-3-12-32-18-22(30)16-28(15-21-7-8-21)17-27(31)29-11-9-26-24(10-13-34-26)25(29)19-33-23-6-4-5-20(2)14-23/h3-6,10,13-14,21-22,25,30H,1,7-9,11-12,15-19H2,2H3/t22-,25+/m0/s1. The first kappa shape index (κ1) is 24.9. The van der Waals surface area contributed by atoms with E-state index in [1.165, 1.54) is 23.3 Å². The number of fused-ring (bicyclic) bond motifs is 1. The van der Waals surface area contributed by atoms with Crippen molar-refractivity contribution < 1.29 is 19.4 Å². The third-order valence-electron chi connectivity index (χ3n) is 6.40. The molecule has 0 saturated heterocycles. The van der Waals surface area contributed by atoms with Gasteiger partial charge < -0.3 is 19.5 Å². The van der Waals surface area contributed by atoms with E-state index in [0.29, 0.717) is 38.8 Å². The zero-order valence-corrected chi connectivity index (χ0v) is 20.8. The van der Waals surface area contributed by atoms with Crippen LogP contribution in [0, 0.1) is 12.8 Å². The minimum absolute atomic E-state index is 0.0922. The van der Waals surface area contributed by atoms with Gasteiger partial charge in [0, 0.05) is 24.5 Å². The first-order chi connectivity index (χ1) is 16.5. The normalized spacial score (nSPS) is 18.6. The van der Waals surface area contributed by atoms with E-state index in [1.807, 2.05) is 36.1 Å². The van der Waals surface area contributed by atoms with Crippen molar-refractivity contribution in [3.05, 3.63) is 64.4 Å². The lowest BCUT2D eigenvalue weighted by atomic mass is 10.0. The molecule has 1 aliphatic heterocycles. The van der Waals surface area contributed by atoms with Crippen molar-refractivity contribution in [3.63, 3.8) is 0 Å². The second kappa shape index (κ2) is 12.0. The van der Waals surface area contributed by atoms with Crippen LogP contribution in [0.5, 0.6) is 5.75 Å². The minimum Gasteiger partial charge on any atom is -0.491 e. The van der Waals surface area contributed by atoms with Crippen molar-refractivity contribution in [3.8, 4) is 5.75 Å². The van der Waals surface area contributed by atoms with E-state index in [1.54, 1.807) is 17.4 Å². The van der Waals surface area contributed by atoms with Crippen LogP contribution in [0.25, 0.3) is 0 Å². The van der Waals surface area contributed by atoms with E-state index < -0.39 is 6.10 Å². The summed E-state index contributed by atoms with van der Waals surface area (Å²) < 4.78 is 11.6. The molecular weight excluding hydrogens is 448 g/mol. The number of aryl methyl sites for hydroxylation is 1. The van der Waals surface area contributed by atoms with E-state index in [9.17, 15) is 9.90 Å². The third-order valence-corrected chi connectivity index (χ3v) is 7.40. The molecule has 1 N–H and O–H groups in total. The number of aliphatic hydroxyl groups is 1. The number of amides is 1. The molecule has 7 heteroatoms. The number of rotatable bonds is 13. The zero-order chi connectivity index (χ0) is 23.9. The lowest BCUT2D eigenvalue weighted by Gasteiger charge is -2.37. The smallest absolute Gasteiger partial charge is 0.237 e. The van der Waals surface area contributed by atoms with E-state index in [-0.39, 0.29) is 18.6 Å². The number of ether oxygens (including phenoxy) is 2. The van der Waals surface area contributed by atoms with Crippen molar-refractivity contribution in [1.82, 2.24) is 9.80 Å². The van der Waals surface area contributed by atoms with Gasteiger partial charge in [-0.25, -0.2) is 0 Å². The summed E-state index contributed by atoms with van der Waals surface area (Å²) in [6.45, 7) is 9.04. The summed E-state index contributed by atoms with van der Waals surface area (Å²) in [7, 11) is 0. The van der Waals surface area contributed by atoms with E-state index in [2.05, 4.69) is 22.9 Å². The van der Waals surface area contributed by atoms with Gasteiger partial charge in [0.05, 0.1) is 31.9 Å². The summed E-state index contributed by atoms with van der Waals surface area (Å²) in [4.78, 5) is 19.0. The fourth-order valence-electron chi connectivity index (χ4n) is 4.54. The Balaban J connectivity index is 1.42. The Morgan fingerprint density at radius 3 is 3.00 bits per heavy atom. The SMILES string of the molecule is C=CCOC[C@@H](O)CN(CC(=O)N1CCc2sccc2[C@H]1COc1cccc(C)c1)CC1CC1. The summed E-state index contributed by atoms with van der Waals surface area (Å²) in [5.74, 6) is 1.54. The number of nitrogens with zero attached hydrogens (tertiary/aromatic N) is 2. The van der Waals surface area contributed by atoms with Gasteiger partial charge in [-0.2, -0.15) is 0 Å². The van der Waals surface area contributed by atoms with Crippen LogP contribution < -0.4 is 4.74 Å². The molecule has 2 heterocycles. The Morgan fingerprint density at radius 1 is 1.38 bits per heavy atom. The van der Waals surface area contributed by atoms with Gasteiger partial charge in [0.1, 0.15) is 12.4 Å². The van der Waals surface area contributed by atoms with Crippen molar-refractivity contribution in [1.29, 1.82) is 0 Å². The number of aliphatic hydroxyl groups excluding tert-OH is 1. The van der Waals surface area contributed by atoms with E-state index in [4.69, 9.17) is 9.47 Å². The Morgan fingerprint density at radius 2 is 2.24 bits per heavy atom. The molecule has 2 atom stereocenters. The van der Waals surface area contributed by atoms with Crippen molar-refractivity contribution in [2.75, 3.05) is 46.0 Å². The molecule has 1 aromatic heterocycles. The summed E-state index contributed by atoms with van der Waals surface area (Å²) >= 11 is 1.76. The molecular formula is C27H36N2O4S. The zero-order valence-electron chi connectivity index (χ0n) is 20.0. The molecule has 1 amide bonds. The fraction of sp³-hybridized carbons (Fsp3) is 0.519. The van der Waals surface area contributed by atoms with Gasteiger partial charge in [-0.15, -0.1) is 17.9 Å². The molecule has 0 spiro atoms. The monoisotopic (exact) mass is 484 g/mol. The maximum Gasteiger partial charge on any atom is 0.237 e. The Bertz CT molecular complexity index is 958. The van der Waals surface area contributed by atoms with E-state index >= 15 is 0 Å². The number of benzene rings is 1. The van der Waals surface area contributed by atoms with Crippen LogP contribution in [0.2, 0.25) is 0 Å². The maximum absolute atomic E-state index is 13.6. The lowest BCUT2D eigenvalue weighted by molar-refractivity contribution is -0.136. The highest BCUT2D eigenvalue weighted by Crippen LogP contribution is 2.34. The van der Waals surface area contributed by atoms with Crippen LogP contribution in [0.4, 0.5) is 0 Å². The topological polar surface area (TPSA) is 62.2 Å². The Kier molecular flexibility index (Phi) is 8.78. The molecule has 0 bridgehead atoms. The summed E-state index contributed by atoms with van der Waals surface area (Å²) in [5, 5.41) is 12.6. The van der Waals surface area contributed by atoms with Gasteiger partial charge in [0.15, 0.2) is 0 Å². The highest BCUT2D eigenvalue weighted by atomic mass is 32.1. The Hall–Kier alpha value is -2.19. The average Bonchev–Trinajstić information content (AvgIpc) is 3.49. The predicted molar refractivity (Wildman–Crippen MR) is 135 cm³/mol. The van der Waals surface area contributed by atoms with Gasteiger partial charge in [-0.1, -0.05) is 18.2 Å². The highest BCUT2D eigenvalue weighted by molar-refractivity contribution is 7.10. The third kappa shape index (κ3) is 6.92. The quantitative estimate of drug-likeness (QED) is 0.346. The van der Waals surface area contributed by atoms with Gasteiger partial charge in [-0.05, 0) is 66.8 Å². The lowest BCUT2D eigenvalue weighted by Crippen LogP contribution is -2.48. The van der Waals surface area contributed by atoms with Gasteiger partial charge in [0.25, 0.3) is 0 Å². The fourth-order valence-corrected chi connectivity index (χ4v) is 5.47. The maximum atomic E-state index is 13.6. The molecule has 4 rings (SSSR count). The summed E-state index contributed by atoms with van der Waals surface area (Å²) in [5.41, 5.74) is 2.35. The number of hydrogen-bond acceptors (Lipinski definition) is 6. The number of carbonyl (C=O) groups excluding carboxylic acids is 1. The molecule has 1 aliphatic carbocycles. The van der Waals surface area contributed by atoms with Crippen LogP contribution in [-0.4, -0.2) is 72.9 Å². The number of thiophene rings is 1. The second-order valence-electron chi connectivity index (χ2n) is 9.40. The van der Waals surface area contributed by atoms with Crippen molar-refractivity contribution in [2.45, 2.75) is 38.3 Å². The molecule has 184 valence electrons.